The van der Waals surface area contributed by atoms with E-state index >= 15 is 0 Å². The number of fused-ring (bicyclic) bond motifs is 1. The van der Waals surface area contributed by atoms with Crippen molar-refractivity contribution < 1.29 is 9.47 Å². The van der Waals surface area contributed by atoms with Gasteiger partial charge < -0.3 is 9.47 Å². The zero-order chi connectivity index (χ0) is 15.2. The Balaban J connectivity index is 2.16. The normalized spacial score (nSPS) is 19.4. The Morgan fingerprint density at radius 1 is 1.10 bits per heavy atom. The summed E-state index contributed by atoms with van der Waals surface area (Å²) in [7, 11) is 0. The molecule has 21 heavy (non-hydrogen) atoms. The highest BCUT2D eigenvalue weighted by Gasteiger charge is 2.22. The second-order valence-corrected chi connectivity index (χ2v) is 6.64. The summed E-state index contributed by atoms with van der Waals surface area (Å²) >= 11 is 6.75. The molecular weight excluding hydrogens is 284 g/mol. The van der Waals surface area contributed by atoms with E-state index in [0.717, 1.165) is 17.1 Å². The smallest absolute Gasteiger partial charge is 0.161 e. The molecule has 2 nitrogen and oxygen atoms in total. The van der Waals surface area contributed by atoms with Crippen molar-refractivity contribution in [2.45, 2.75) is 51.8 Å². The third kappa shape index (κ3) is 4.29. The molecule has 1 heterocycles. The van der Waals surface area contributed by atoms with Gasteiger partial charge in [0.2, 0.25) is 0 Å². The highest BCUT2D eigenvalue weighted by molar-refractivity contribution is 6.21. The predicted molar refractivity (Wildman–Crippen MR) is 88.5 cm³/mol. The van der Waals surface area contributed by atoms with Gasteiger partial charge in [0.1, 0.15) is 0 Å². The van der Waals surface area contributed by atoms with E-state index in [1.54, 1.807) is 0 Å². The Kier molecular flexibility index (Phi) is 6.22. The highest BCUT2D eigenvalue weighted by Crippen LogP contribution is 2.39. The van der Waals surface area contributed by atoms with Crippen LogP contribution in [0.4, 0.5) is 0 Å². The first-order valence-corrected chi connectivity index (χ1v) is 8.62. The van der Waals surface area contributed by atoms with Gasteiger partial charge in [0.15, 0.2) is 11.5 Å². The second-order valence-electron chi connectivity index (χ2n) is 6.17. The standard InChI is InChI=1S/C18H27ClO2/c1-4-6-14(7-5-2)18(19)15-8-9-16-17(10-15)21-12-13(3)11-20-16/h8-10,13-14,18H,4-7,11-12H2,1-3H3. The zero-order valence-corrected chi connectivity index (χ0v) is 14.2. The van der Waals surface area contributed by atoms with Crippen LogP contribution in [-0.4, -0.2) is 13.2 Å². The largest absolute Gasteiger partial charge is 0.489 e. The Morgan fingerprint density at radius 2 is 1.71 bits per heavy atom. The lowest BCUT2D eigenvalue weighted by molar-refractivity contribution is 0.228. The first-order chi connectivity index (χ1) is 10.2. The molecule has 1 aliphatic heterocycles. The van der Waals surface area contributed by atoms with Crippen LogP contribution in [0.15, 0.2) is 18.2 Å². The van der Waals surface area contributed by atoms with E-state index in [1.807, 2.05) is 6.07 Å². The summed E-state index contributed by atoms with van der Waals surface area (Å²) < 4.78 is 11.7. The second kappa shape index (κ2) is 7.93. The topological polar surface area (TPSA) is 18.5 Å². The van der Waals surface area contributed by atoms with E-state index in [1.165, 1.54) is 25.7 Å². The minimum Gasteiger partial charge on any atom is -0.489 e. The SMILES string of the molecule is CCCC(CCC)C(Cl)c1ccc2c(c1)OCC(C)CO2. The molecule has 0 N–H and O–H groups in total. The van der Waals surface area contributed by atoms with E-state index in [2.05, 4.69) is 32.9 Å². The summed E-state index contributed by atoms with van der Waals surface area (Å²) in [5.74, 6) is 2.63. The van der Waals surface area contributed by atoms with Crippen LogP contribution in [0.1, 0.15) is 57.4 Å². The molecule has 1 aliphatic rings. The summed E-state index contributed by atoms with van der Waals surface area (Å²) in [5, 5.41) is 0.0551. The molecule has 118 valence electrons. The minimum absolute atomic E-state index is 0.0551. The fourth-order valence-corrected chi connectivity index (χ4v) is 3.28. The molecule has 0 aromatic heterocycles. The average Bonchev–Trinajstić information content (AvgIpc) is 2.68. The van der Waals surface area contributed by atoms with Crippen molar-refractivity contribution in [2.24, 2.45) is 11.8 Å². The molecule has 0 radical (unpaired) electrons. The summed E-state index contributed by atoms with van der Waals surface area (Å²) in [4.78, 5) is 0. The van der Waals surface area contributed by atoms with E-state index in [-0.39, 0.29) is 5.38 Å². The van der Waals surface area contributed by atoms with Gasteiger partial charge in [-0.2, -0.15) is 0 Å². The fourth-order valence-electron chi connectivity index (χ4n) is 2.89. The first-order valence-electron chi connectivity index (χ1n) is 8.19. The average molecular weight is 311 g/mol. The predicted octanol–water partition coefficient (Wildman–Crippen LogP) is 5.59. The molecule has 3 heteroatoms. The molecular formula is C18H27ClO2. The van der Waals surface area contributed by atoms with E-state index in [9.17, 15) is 0 Å². The number of ether oxygens (including phenoxy) is 2. The van der Waals surface area contributed by atoms with Crippen LogP contribution in [0.2, 0.25) is 0 Å². The van der Waals surface area contributed by atoms with Crippen LogP contribution in [0, 0.1) is 11.8 Å². The van der Waals surface area contributed by atoms with Crippen LogP contribution >= 0.6 is 11.6 Å². The number of halogens is 1. The van der Waals surface area contributed by atoms with Crippen molar-refractivity contribution >= 4 is 11.6 Å². The molecule has 1 aromatic carbocycles. The third-order valence-electron chi connectivity index (χ3n) is 4.07. The van der Waals surface area contributed by atoms with Gasteiger partial charge in [0, 0.05) is 5.92 Å². The number of benzene rings is 1. The number of alkyl halides is 1. The maximum absolute atomic E-state index is 6.75. The summed E-state index contributed by atoms with van der Waals surface area (Å²) in [6.45, 7) is 8.00. The Labute approximate surface area is 133 Å². The van der Waals surface area contributed by atoms with Crippen LogP contribution in [0.25, 0.3) is 0 Å². The Bertz CT molecular complexity index is 441. The van der Waals surface area contributed by atoms with E-state index in [4.69, 9.17) is 21.1 Å². The lowest BCUT2D eigenvalue weighted by Gasteiger charge is -2.22. The molecule has 0 saturated carbocycles. The lowest BCUT2D eigenvalue weighted by Crippen LogP contribution is -2.12. The van der Waals surface area contributed by atoms with Crippen molar-refractivity contribution in [3.8, 4) is 11.5 Å². The number of rotatable bonds is 6. The Hall–Kier alpha value is -0.890. The molecule has 2 unspecified atom stereocenters. The quantitative estimate of drug-likeness (QED) is 0.638. The van der Waals surface area contributed by atoms with Crippen molar-refractivity contribution in [1.29, 1.82) is 0 Å². The van der Waals surface area contributed by atoms with Gasteiger partial charge >= 0.3 is 0 Å². The summed E-state index contributed by atoms with van der Waals surface area (Å²) in [6.07, 6.45) is 4.70. The van der Waals surface area contributed by atoms with Gasteiger partial charge in [-0.3, -0.25) is 0 Å². The van der Waals surface area contributed by atoms with Crippen molar-refractivity contribution in [3.63, 3.8) is 0 Å². The lowest BCUT2D eigenvalue weighted by atomic mass is 9.90. The van der Waals surface area contributed by atoms with E-state index in [0.29, 0.717) is 25.0 Å². The zero-order valence-electron chi connectivity index (χ0n) is 13.4. The van der Waals surface area contributed by atoms with Gasteiger partial charge in [-0.15, -0.1) is 11.6 Å². The maximum Gasteiger partial charge on any atom is 0.161 e. The van der Waals surface area contributed by atoms with Gasteiger partial charge in [-0.05, 0) is 36.5 Å². The monoisotopic (exact) mass is 310 g/mol. The third-order valence-corrected chi connectivity index (χ3v) is 4.67. The van der Waals surface area contributed by atoms with Gasteiger partial charge in [-0.25, -0.2) is 0 Å². The molecule has 0 aliphatic carbocycles. The minimum atomic E-state index is 0.0551. The number of hydrogen-bond donors (Lipinski definition) is 0. The highest BCUT2D eigenvalue weighted by atomic mass is 35.5. The molecule has 0 amide bonds. The summed E-state index contributed by atoms with van der Waals surface area (Å²) in [6, 6.07) is 6.17. The van der Waals surface area contributed by atoms with Crippen LogP contribution in [0.3, 0.4) is 0 Å². The van der Waals surface area contributed by atoms with Crippen LogP contribution < -0.4 is 9.47 Å². The molecule has 2 rings (SSSR count). The van der Waals surface area contributed by atoms with E-state index < -0.39 is 0 Å². The first kappa shape index (κ1) is 16.5. The van der Waals surface area contributed by atoms with Crippen LogP contribution in [-0.2, 0) is 0 Å². The fraction of sp³-hybridized carbons (Fsp3) is 0.667. The maximum atomic E-state index is 6.75. The molecule has 1 aromatic rings. The van der Waals surface area contributed by atoms with Crippen molar-refractivity contribution in [3.05, 3.63) is 23.8 Å². The van der Waals surface area contributed by atoms with Gasteiger partial charge in [0.05, 0.1) is 18.6 Å². The molecule has 2 atom stereocenters. The van der Waals surface area contributed by atoms with Gasteiger partial charge in [0.25, 0.3) is 0 Å². The molecule has 0 bridgehead atoms. The van der Waals surface area contributed by atoms with Crippen molar-refractivity contribution in [1.82, 2.24) is 0 Å². The molecule has 0 spiro atoms. The molecule has 0 saturated heterocycles. The van der Waals surface area contributed by atoms with Crippen molar-refractivity contribution in [2.75, 3.05) is 13.2 Å². The summed E-state index contributed by atoms with van der Waals surface area (Å²) in [5.41, 5.74) is 1.15. The van der Waals surface area contributed by atoms with Crippen LogP contribution in [0.5, 0.6) is 11.5 Å². The molecule has 0 fully saturated rings. The number of hydrogen-bond acceptors (Lipinski definition) is 2. The Morgan fingerprint density at radius 3 is 2.33 bits per heavy atom. The van der Waals surface area contributed by atoms with Gasteiger partial charge in [-0.1, -0.05) is 39.7 Å².